The molecule has 0 aliphatic rings. The van der Waals surface area contributed by atoms with E-state index in [1.807, 2.05) is 30.3 Å². The number of para-hydroxylation sites is 1. The lowest BCUT2D eigenvalue weighted by Gasteiger charge is -2.04. The van der Waals surface area contributed by atoms with Crippen LogP contribution in [0.15, 0.2) is 48.7 Å². The van der Waals surface area contributed by atoms with Gasteiger partial charge in [0, 0.05) is 19.3 Å². The fourth-order valence-electron chi connectivity index (χ4n) is 1.33. The Morgan fingerprint density at radius 1 is 1.18 bits per heavy atom. The Morgan fingerprint density at radius 2 is 1.94 bits per heavy atom. The van der Waals surface area contributed by atoms with Gasteiger partial charge in [-0.05, 0) is 18.2 Å². The van der Waals surface area contributed by atoms with Crippen LogP contribution in [-0.2, 0) is 0 Å². The second-order valence-corrected chi connectivity index (χ2v) is 3.38. The normalized spacial score (nSPS) is 9.71. The van der Waals surface area contributed by atoms with E-state index in [-0.39, 0.29) is 5.91 Å². The maximum atomic E-state index is 11.3. The monoisotopic (exact) mass is 228 g/mol. The van der Waals surface area contributed by atoms with Crippen LogP contribution in [0.3, 0.4) is 0 Å². The van der Waals surface area contributed by atoms with Crippen LogP contribution in [0.1, 0.15) is 10.4 Å². The van der Waals surface area contributed by atoms with Crippen LogP contribution in [0, 0.1) is 0 Å². The number of nitrogens with one attached hydrogen (secondary N) is 1. The van der Waals surface area contributed by atoms with Crippen molar-refractivity contribution in [2.75, 3.05) is 7.05 Å². The van der Waals surface area contributed by atoms with Crippen LogP contribution in [-0.4, -0.2) is 17.9 Å². The molecule has 2 rings (SSSR count). The van der Waals surface area contributed by atoms with E-state index >= 15 is 0 Å². The largest absolute Gasteiger partial charge is 0.439 e. The van der Waals surface area contributed by atoms with Crippen molar-refractivity contribution in [1.29, 1.82) is 0 Å². The number of hydrogen-bond donors (Lipinski definition) is 1. The van der Waals surface area contributed by atoms with Gasteiger partial charge in [0.25, 0.3) is 5.91 Å². The first-order valence-corrected chi connectivity index (χ1v) is 5.20. The van der Waals surface area contributed by atoms with Crippen LogP contribution in [0.4, 0.5) is 0 Å². The first kappa shape index (κ1) is 11.1. The van der Waals surface area contributed by atoms with Gasteiger partial charge < -0.3 is 10.1 Å². The first-order valence-electron chi connectivity index (χ1n) is 5.20. The maximum Gasteiger partial charge on any atom is 0.252 e. The van der Waals surface area contributed by atoms with E-state index in [0.29, 0.717) is 17.2 Å². The van der Waals surface area contributed by atoms with Gasteiger partial charge in [0.1, 0.15) is 5.75 Å². The van der Waals surface area contributed by atoms with Crippen molar-refractivity contribution in [3.8, 4) is 11.6 Å². The molecule has 0 bridgehead atoms. The summed E-state index contributed by atoms with van der Waals surface area (Å²) in [5, 5.41) is 2.53. The fourth-order valence-corrected chi connectivity index (χ4v) is 1.33. The number of carbonyl (C=O) groups is 1. The molecule has 1 aromatic heterocycles. The predicted octanol–water partition coefficient (Wildman–Crippen LogP) is 2.23. The third-order valence-corrected chi connectivity index (χ3v) is 2.19. The molecule has 0 saturated carbocycles. The van der Waals surface area contributed by atoms with Crippen LogP contribution in [0.25, 0.3) is 0 Å². The number of carbonyl (C=O) groups excluding carboxylic acids is 1. The molecular weight excluding hydrogens is 216 g/mol. The first-order chi connectivity index (χ1) is 8.29. The van der Waals surface area contributed by atoms with E-state index in [9.17, 15) is 4.79 Å². The van der Waals surface area contributed by atoms with Gasteiger partial charge in [-0.1, -0.05) is 18.2 Å². The smallest absolute Gasteiger partial charge is 0.252 e. The van der Waals surface area contributed by atoms with Crippen LogP contribution in [0.2, 0.25) is 0 Å². The van der Waals surface area contributed by atoms with E-state index in [0.717, 1.165) is 0 Å². The van der Waals surface area contributed by atoms with Gasteiger partial charge in [0.15, 0.2) is 0 Å². The Balaban J connectivity index is 2.11. The van der Waals surface area contributed by atoms with Gasteiger partial charge in [-0.25, -0.2) is 4.98 Å². The zero-order valence-corrected chi connectivity index (χ0v) is 9.38. The number of benzene rings is 1. The molecule has 17 heavy (non-hydrogen) atoms. The minimum Gasteiger partial charge on any atom is -0.439 e. The summed E-state index contributed by atoms with van der Waals surface area (Å²) >= 11 is 0. The molecule has 0 unspecified atom stereocenters. The highest BCUT2D eigenvalue weighted by molar-refractivity contribution is 5.93. The molecule has 4 heteroatoms. The number of ether oxygens (including phenoxy) is 1. The van der Waals surface area contributed by atoms with Crippen LogP contribution in [0.5, 0.6) is 11.6 Å². The molecule has 4 nitrogen and oxygen atoms in total. The lowest BCUT2D eigenvalue weighted by molar-refractivity contribution is 0.0962. The van der Waals surface area contributed by atoms with E-state index in [2.05, 4.69) is 10.3 Å². The molecule has 0 radical (unpaired) electrons. The average molecular weight is 228 g/mol. The van der Waals surface area contributed by atoms with Crippen molar-refractivity contribution in [1.82, 2.24) is 10.3 Å². The molecule has 1 heterocycles. The quantitative estimate of drug-likeness (QED) is 0.876. The van der Waals surface area contributed by atoms with Crippen molar-refractivity contribution in [2.45, 2.75) is 0 Å². The highest BCUT2D eigenvalue weighted by Crippen LogP contribution is 2.18. The fraction of sp³-hybridized carbons (Fsp3) is 0.0769. The van der Waals surface area contributed by atoms with Crippen molar-refractivity contribution in [3.05, 3.63) is 54.2 Å². The minimum absolute atomic E-state index is 0.163. The van der Waals surface area contributed by atoms with E-state index in [4.69, 9.17) is 4.74 Å². The van der Waals surface area contributed by atoms with E-state index in [1.165, 1.54) is 6.20 Å². The van der Waals surface area contributed by atoms with Gasteiger partial charge in [-0.15, -0.1) is 0 Å². The average Bonchev–Trinajstić information content (AvgIpc) is 2.40. The lowest BCUT2D eigenvalue weighted by Crippen LogP contribution is -2.17. The van der Waals surface area contributed by atoms with Crippen LogP contribution >= 0.6 is 0 Å². The summed E-state index contributed by atoms with van der Waals surface area (Å²) in [7, 11) is 1.58. The molecule has 0 aliphatic heterocycles. The molecular formula is C13H12N2O2. The molecule has 0 fully saturated rings. The molecule has 0 aliphatic carbocycles. The molecule has 0 spiro atoms. The Morgan fingerprint density at radius 3 is 2.53 bits per heavy atom. The maximum absolute atomic E-state index is 11.3. The lowest BCUT2D eigenvalue weighted by atomic mass is 10.3. The minimum atomic E-state index is -0.163. The second kappa shape index (κ2) is 5.12. The highest BCUT2D eigenvalue weighted by atomic mass is 16.5. The Kier molecular flexibility index (Phi) is 3.35. The van der Waals surface area contributed by atoms with E-state index in [1.54, 1.807) is 19.2 Å². The van der Waals surface area contributed by atoms with Crippen molar-refractivity contribution >= 4 is 5.91 Å². The summed E-state index contributed by atoms with van der Waals surface area (Å²) in [4.78, 5) is 15.4. The van der Waals surface area contributed by atoms with Crippen molar-refractivity contribution in [3.63, 3.8) is 0 Å². The Hall–Kier alpha value is -2.36. The standard InChI is InChI=1S/C13H12N2O2/c1-14-13(16)10-7-8-12(15-9-10)17-11-5-3-2-4-6-11/h2-9H,1H3,(H,14,16). The number of nitrogens with zero attached hydrogens (tertiary/aromatic N) is 1. The van der Waals surface area contributed by atoms with Gasteiger partial charge in [-0.2, -0.15) is 0 Å². The molecule has 86 valence electrons. The molecule has 0 atom stereocenters. The summed E-state index contributed by atoms with van der Waals surface area (Å²) in [6, 6.07) is 12.7. The molecule has 1 aromatic carbocycles. The topological polar surface area (TPSA) is 51.2 Å². The van der Waals surface area contributed by atoms with Crippen LogP contribution < -0.4 is 10.1 Å². The van der Waals surface area contributed by atoms with E-state index < -0.39 is 0 Å². The van der Waals surface area contributed by atoms with Crippen molar-refractivity contribution < 1.29 is 9.53 Å². The summed E-state index contributed by atoms with van der Waals surface area (Å²) in [5.74, 6) is 1.01. The Labute approximate surface area is 99.3 Å². The molecule has 2 aromatic rings. The third-order valence-electron chi connectivity index (χ3n) is 2.19. The predicted molar refractivity (Wildman–Crippen MR) is 64.1 cm³/mol. The summed E-state index contributed by atoms with van der Waals surface area (Å²) in [5.41, 5.74) is 0.507. The molecule has 1 N–H and O–H groups in total. The number of hydrogen-bond acceptors (Lipinski definition) is 3. The molecule has 0 saturated heterocycles. The third kappa shape index (κ3) is 2.81. The number of rotatable bonds is 3. The Bertz CT molecular complexity index is 495. The summed E-state index contributed by atoms with van der Waals surface area (Å²) in [6.45, 7) is 0. The molecule has 1 amide bonds. The zero-order chi connectivity index (χ0) is 12.1. The zero-order valence-electron chi connectivity index (χ0n) is 9.38. The van der Waals surface area contributed by atoms with Gasteiger partial charge in [-0.3, -0.25) is 4.79 Å². The number of pyridine rings is 1. The van der Waals surface area contributed by atoms with Gasteiger partial charge in [0.2, 0.25) is 5.88 Å². The van der Waals surface area contributed by atoms with Gasteiger partial charge in [0.05, 0.1) is 5.56 Å². The second-order valence-electron chi connectivity index (χ2n) is 3.38. The highest BCUT2D eigenvalue weighted by Gasteiger charge is 2.04. The van der Waals surface area contributed by atoms with Crippen molar-refractivity contribution in [2.24, 2.45) is 0 Å². The summed E-state index contributed by atoms with van der Waals surface area (Å²) in [6.07, 6.45) is 1.48. The number of amides is 1. The SMILES string of the molecule is CNC(=O)c1ccc(Oc2ccccc2)nc1. The summed E-state index contributed by atoms with van der Waals surface area (Å²) < 4.78 is 5.50. The number of aromatic nitrogens is 1. The van der Waals surface area contributed by atoms with Gasteiger partial charge >= 0.3 is 0 Å².